The Hall–Kier alpha value is -3.47. The van der Waals surface area contributed by atoms with Crippen LogP contribution in [0.15, 0.2) is 42.5 Å². The third-order valence-corrected chi connectivity index (χ3v) is 9.44. The number of hydrogen-bond acceptors (Lipinski definition) is 7. The number of carbonyl (C=O) groups is 3. The van der Waals surface area contributed by atoms with Crippen LogP contribution in [0.1, 0.15) is 98.4 Å². The van der Waals surface area contributed by atoms with Gasteiger partial charge in [0.25, 0.3) is 5.91 Å². The van der Waals surface area contributed by atoms with E-state index < -0.39 is 12.0 Å². The molecule has 1 fully saturated rings. The van der Waals surface area contributed by atoms with Crippen LogP contribution >= 0.6 is 0 Å². The van der Waals surface area contributed by atoms with Crippen molar-refractivity contribution in [2.24, 2.45) is 11.8 Å². The minimum Gasteiger partial charge on any atom is -0.490 e. The van der Waals surface area contributed by atoms with E-state index in [4.69, 9.17) is 9.47 Å². The van der Waals surface area contributed by atoms with E-state index in [1.54, 1.807) is 35.2 Å². The number of aliphatic hydroxyl groups is 1. The Morgan fingerprint density at radius 1 is 1.02 bits per heavy atom. The lowest BCUT2D eigenvalue weighted by atomic mass is 9.88. The summed E-state index contributed by atoms with van der Waals surface area (Å²) in [7, 11) is 2.00. The van der Waals surface area contributed by atoms with Crippen molar-refractivity contribution in [1.29, 1.82) is 0 Å². The molecule has 2 amide bonds. The van der Waals surface area contributed by atoms with Crippen LogP contribution in [-0.2, 0) is 16.1 Å². The summed E-state index contributed by atoms with van der Waals surface area (Å²) >= 11 is 0. The maximum absolute atomic E-state index is 14.4. The van der Waals surface area contributed by atoms with E-state index >= 15 is 0 Å². The molecule has 4 atom stereocenters. The third-order valence-electron chi connectivity index (χ3n) is 9.44. The molecule has 10 heteroatoms. The first-order valence-corrected chi connectivity index (χ1v) is 17.2. The van der Waals surface area contributed by atoms with Gasteiger partial charge in [-0.2, -0.15) is 0 Å². The predicted molar refractivity (Wildman–Crippen MR) is 182 cm³/mol. The Bertz CT molecular complexity index is 1330. The fourth-order valence-corrected chi connectivity index (χ4v) is 6.51. The zero-order valence-corrected chi connectivity index (χ0v) is 28.5. The van der Waals surface area contributed by atoms with E-state index in [-0.39, 0.29) is 48.0 Å². The van der Waals surface area contributed by atoms with Crippen LogP contribution in [0.4, 0.5) is 5.69 Å². The zero-order chi connectivity index (χ0) is 33.9. The summed E-state index contributed by atoms with van der Waals surface area (Å²) in [6.45, 7) is 7.82. The van der Waals surface area contributed by atoms with E-state index in [0.29, 0.717) is 43.2 Å². The number of fused-ring (bicyclic) bond motifs is 1. The second-order valence-corrected chi connectivity index (χ2v) is 13.5. The molecule has 0 saturated heterocycles. The van der Waals surface area contributed by atoms with E-state index in [0.717, 1.165) is 56.9 Å². The van der Waals surface area contributed by atoms with Crippen LogP contribution < -0.4 is 10.1 Å². The minimum atomic E-state index is -0.952. The molecular weight excluding hydrogens is 598 g/mol. The number of likely N-dealkylation sites (N-methyl/N-ethyl adjacent to an activating group) is 1. The molecule has 2 aromatic rings. The van der Waals surface area contributed by atoms with Crippen molar-refractivity contribution < 1.29 is 34.1 Å². The molecule has 3 N–H and O–H groups in total. The molecule has 0 radical (unpaired) electrons. The number of rotatable bonds is 9. The normalized spacial score (nSPS) is 22.6. The van der Waals surface area contributed by atoms with E-state index in [2.05, 4.69) is 17.1 Å². The summed E-state index contributed by atoms with van der Waals surface area (Å²) in [6.07, 6.45) is 7.26. The number of anilines is 1. The Labute approximate surface area is 279 Å². The number of benzene rings is 2. The highest BCUT2D eigenvalue weighted by atomic mass is 16.5. The van der Waals surface area contributed by atoms with Crippen LogP contribution in [0.5, 0.6) is 5.75 Å². The first kappa shape index (κ1) is 36.4. The van der Waals surface area contributed by atoms with Crippen LogP contribution in [-0.4, -0.2) is 89.4 Å². The van der Waals surface area contributed by atoms with E-state index in [9.17, 15) is 24.6 Å². The highest BCUT2D eigenvalue weighted by Crippen LogP contribution is 2.30. The van der Waals surface area contributed by atoms with Crippen LogP contribution in [0.25, 0.3) is 0 Å². The molecule has 10 nitrogen and oxygen atoms in total. The lowest BCUT2D eigenvalue weighted by Gasteiger charge is -2.36. The van der Waals surface area contributed by atoms with Gasteiger partial charge >= 0.3 is 5.97 Å². The summed E-state index contributed by atoms with van der Waals surface area (Å²) in [5, 5.41) is 22.5. The lowest BCUT2D eigenvalue weighted by Crippen LogP contribution is -2.47. The molecule has 0 bridgehead atoms. The smallest absolute Gasteiger partial charge is 0.335 e. The van der Waals surface area contributed by atoms with Crippen molar-refractivity contribution in [3.8, 4) is 5.75 Å². The number of carbonyl (C=O) groups excluding carboxylic acids is 2. The molecule has 258 valence electrons. The van der Waals surface area contributed by atoms with Gasteiger partial charge in [-0.3, -0.25) is 14.5 Å². The SMILES string of the molecule is C[C@H](CO)N1C[C@H](C)[C@H](CN(C)Cc2ccc(C(=O)O)cc2)OCCCC[C@H](C)Oc2ccc(NC(=O)C3CCCCC3)cc2C1=O. The van der Waals surface area contributed by atoms with Gasteiger partial charge in [-0.15, -0.1) is 0 Å². The average Bonchev–Trinajstić information content (AvgIpc) is 3.06. The number of hydrogen-bond donors (Lipinski definition) is 3. The number of carboxylic acid groups (broad SMARTS) is 1. The summed E-state index contributed by atoms with van der Waals surface area (Å²) in [6, 6.07) is 11.7. The Morgan fingerprint density at radius 3 is 2.40 bits per heavy atom. The number of aliphatic hydroxyl groups excluding tert-OH is 1. The first-order valence-electron chi connectivity index (χ1n) is 17.2. The fraction of sp³-hybridized carbons (Fsp3) is 0.595. The van der Waals surface area contributed by atoms with E-state index in [1.807, 2.05) is 33.0 Å². The van der Waals surface area contributed by atoms with Crippen molar-refractivity contribution in [2.45, 2.75) is 96.9 Å². The molecule has 0 aromatic heterocycles. The molecule has 2 aliphatic rings. The molecular formula is C37H53N3O7. The van der Waals surface area contributed by atoms with Gasteiger partial charge in [0.2, 0.25) is 5.91 Å². The van der Waals surface area contributed by atoms with Crippen LogP contribution in [0, 0.1) is 11.8 Å². The van der Waals surface area contributed by atoms with Crippen molar-refractivity contribution in [3.63, 3.8) is 0 Å². The largest absolute Gasteiger partial charge is 0.490 e. The molecule has 0 spiro atoms. The Morgan fingerprint density at radius 2 is 1.72 bits per heavy atom. The number of carboxylic acids is 1. The Kier molecular flexibility index (Phi) is 13.6. The summed E-state index contributed by atoms with van der Waals surface area (Å²) < 4.78 is 12.8. The van der Waals surface area contributed by atoms with Gasteiger partial charge in [0.05, 0.1) is 36.0 Å². The topological polar surface area (TPSA) is 129 Å². The number of nitrogens with one attached hydrogen (secondary N) is 1. The average molecular weight is 652 g/mol. The highest BCUT2D eigenvalue weighted by Gasteiger charge is 2.31. The number of ether oxygens (including phenoxy) is 2. The monoisotopic (exact) mass is 651 g/mol. The molecule has 1 saturated carbocycles. The maximum Gasteiger partial charge on any atom is 0.335 e. The van der Waals surface area contributed by atoms with Crippen LogP contribution in [0.3, 0.4) is 0 Å². The molecule has 1 aliphatic carbocycles. The van der Waals surface area contributed by atoms with Crippen LogP contribution in [0.2, 0.25) is 0 Å². The summed E-state index contributed by atoms with van der Waals surface area (Å²) in [5.41, 5.74) is 2.17. The van der Waals surface area contributed by atoms with Gasteiger partial charge in [0, 0.05) is 43.8 Å². The number of aromatic carboxylic acids is 1. The molecule has 1 aliphatic heterocycles. The van der Waals surface area contributed by atoms with E-state index in [1.165, 1.54) is 0 Å². The highest BCUT2D eigenvalue weighted by molar-refractivity contribution is 6.00. The van der Waals surface area contributed by atoms with Crippen molar-refractivity contribution in [2.75, 3.05) is 38.7 Å². The van der Waals surface area contributed by atoms with Gasteiger partial charge in [0.1, 0.15) is 5.75 Å². The zero-order valence-electron chi connectivity index (χ0n) is 28.5. The molecule has 2 aromatic carbocycles. The minimum absolute atomic E-state index is 0.0107. The van der Waals surface area contributed by atoms with Gasteiger partial charge in [-0.1, -0.05) is 38.3 Å². The van der Waals surface area contributed by atoms with Crippen molar-refractivity contribution in [1.82, 2.24) is 9.80 Å². The summed E-state index contributed by atoms with van der Waals surface area (Å²) in [5.74, 6) is -0.854. The van der Waals surface area contributed by atoms with Crippen molar-refractivity contribution in [3.05, 3.63) is 59.2 Å². The second-order valence-electron chi connectivity index (χ2n) is 13.5. The third kappa shape index (κ3) is 10.5. The van der Waals surface area contributed by atoms with Gasteiger partial charge in [0.15, 0.2) is 0 Å². The van der Waals surface area contributed by atoms with Crippen molar-refractivity contribution >= 4 is 23.5 Å². The number of nitrogens with zero attached hydrogens (tertiary/aromatic N) is 2. The number of amides is 2. The van der Waals surface area contributed by atoms with Gasteiger partial charge in [-0.25, -0.2) is 4.79 Å². The fourth-order valence-electron chi connectivity index (χ4n) is 6.51. The standard InChI is InChI=1S/C37H53N3O7/c1-25-21-40(26(2)24-41)36(43)32-20-31(38-35(42)29-11-6-5-7-12-29)17-18-33(32)47-27(3)10-8-9-19-46-34(25)23-39(4)22-28-13-15-30(16-14-28)37(44)45/h13-18,20,25-27,29,34,41H,5-12,19,21-24H2,1-4H3,(H,38,42)(H,44,45)/t25-,26+,27-,34-/m0/s1. The van der Waals surface area contributed by atoms with Gasteiger partial charge < -0.3 is 29.9 Å². The molecule has 0 unspecified atom stereocenters. The first-order chi connectivity index (χ1) is 22.5. The molecule has 4 rings (SSSR count). The second kappa shape index (κ2) is 17.6. The maximum atomic E-state index is 14.4. The van der Waals surface area contributed by atoms with Gasteiger partial charge in [-0.05, 0) is 88.9 Å². The predicted octanol–water partition coefficient (Wildman–Crippen LogP) is 5.83. The lowest BCUT2D eigenvalue weighted by molar-refractivity contribution is -0.120. The molecule has 47 heavy (non-hydrogen) atoms. The Balaban J connectivity index is 1.57. The summed E-state index contributed by atoms with van der Waals surface area (Å²) in [4.78, 5) is 42.6. The quantitative estimate of drug-likeness (QED) is 0.309. The molecule has 1 heterocycles.